The van der Waals surface area contributed by atoms with Crippen LogP contribution in [0.1, 0.15) is 5.56 Å². The fourth-order valence-corrected chi connectivity index (χ4v) is 2.79. The van der Waals surface area contributed by atoms with Crippen LogP contribution in [0.15, 0.2) is 12.1 Å². The Hall–Kier alpha value is -1.60. The van der Waals surface area contributed by atoms with Crippen molar-refractivity contribution < 1.29 is 24.2 Å². The van der Waals surface area contributed by atoms with Crippen molar-refractivity contribution in [1.29, 1.82) is 0 Å². The Morgan fingerprint density at radius 1 is 1.32 bits per heavy atom. The number of aliphatic carboxylic acids is 1. The predicted molar refractivity (Wildman–Crippen MR) is 84.1 cm³/mol. The number of halogens is 1. The van der Waals surface area contributed by atoms with E-state index >= 15 is 0 Å². The van der Waals surface area contributed by atoms with Crippen molar-refractivity contribution in [1.82, 2.24) is 5.32 Å². The summed E-state index contributed by atoms with van der Waals surface area (Å²) in [5.74, 6) is 0.653. The van der Waals surface area contributed by atoms with Gasteiger partial charge in [-0.25, -0.2) is 0 Å². The highest BCUT2D eigenvalue weighted by atomic mass is 35.5. The van der Waals surface area contributed by atoms with Crippen molar-refractivity contribution in [3.8, 4) is 11.5 Å². The first-order valence-corrected chi connectivity index (χ1v) is 8.24. The van der Waals surface area contributed by atoms with E-state index in [1.54, 1.807) is 12.1 Å². The first kappa shape index (κ1) is 16.8. The lowest BCUT2D eigenvalue weighted by Gasteiger charge is -2.20. The lowest BCUT2D eigenvalue weighted by molar-refractivity contribution is -0.133. The summed E-state index contributed by atoms with van der Waals surface area (Å²) in [6.07, 6.45) is 0.181. The minimum Gasteiger partial charge on any atom is -0.486 e. The van der Waals surface area contributed by atoms with Crippen molar-refractivity contribution >= 4 is 35.2 Å². The number of carboxylic acids is 1. The van der Waals surface area contributed by atoms with Crippen LogP contribution in [0.4, 0.5) is 0 Å². The molecule has 1 heterocycles. The molecular weight excluding hydrogens is 330 g/mol. The van der Waals surface area contributed by atoms with Crippen molar-refractivity contribution in [3.05, 3.63) is 22.7 Å². The van der Waals surface area contributed by atoms with E-state index in [-0.39, 0.29) is 18.1 Å². The third-order valence-electron chi connectivity index (χ3n) is 2.82. The van der Waals surface area contributed by atoms with Gasteiger partial charge in [0.05, 0.1) is 17.2 Å². The first-order chi connectivity index (χ1) is 10.6. The summed E-state index contributed by atoms with van der Waals surface area (Å²) >= 11 is 7.37. The number of nitrogens with one attached hydrogen (secondary N) is 1. The third-order valence-corrected chi connectivity index (χ3v) is 4.04. The summed E-state index contributed by atoms with van der Waals surface area (Å²) in [4.78, 5) is 22.2. The molecule has 6 nitrogen and oxygen atoms in total. The number of rotatable bonds is 7. The number of carbonyl (C=O) groups excluding carboxylic acids is 1. The Balaban J connectivity index is 1.81. The second-order valence-electron chi connectivity index (χ2n) is 4.57. The number of hydrogen-bond donors (Lipinski definition) is 2. The summed E-state index contributed by atoms with van der Waals surface area (Å²) in [7, 11) is 0. The molecule has 1 aromatic carbocycles. The van der Waals surface area contributed by atoms with Gasteiger partial charge < -0.3 is 19.9 Å². The molecule has 0 saturated carbocycles. The van der Waals surface area contributed by atoms with Gasteiger partial charge >= 0.3 is 5.97 Å². The SMILES string of the molecule is O=C(O)CSCCNC(=O)Cc1cc(Cl)c2c(c1)OCCO2. The number of carboxylic acid groups (broad SMARTS) is 1. The van der Waals surface area contributed by atoms with Crippen molar-refractivity contribution in [2.24, 2.45) is 0 Å². The molecule has 0 atom stereocenters. The van der Waals surface area contributed by atoms with Crippen LogP contribution < -0.4 is 14.8 Å². The van der Waals surface area contributed by atoms with Crippen LogP contribution in [0.25, 0.3) is 0 Å². The fraction of sp³-hybridized carbons (Fsp3) is 0.429. The molecule has 1 aliphatic heterocycles. The number of hydrogen-bond acceptors (Lipinski definition) is 5. The Morgan fingerprint density at radius 3 is 2.86 bits per heavy atom. The standard InChI is InChI=1S/C14H16ClNO5S/c15-10-5-9(6-11-14(10)21-3-2-20-11)7-12(17)16-1-4-22-8-13(18)19/h5-6H,1-4,7-8H2,(H,16,17)(H,18,19). The maximum absolute atomic E-state index is 11.8. The van der Waals surface area contributed by atoms with Crippen LogP contribution in [0.2, 0.25) is 5.02 Å². The Morgan fingerprint density at radius 2 is 2.09 bits per heavy atom. The molecule has 0 spiro atoms. The largest absolute Gasteiger partial charge is 0.486 e. The number of ether oxygens (including phenoxy) is 2. The summed E-state index contributed by atoms with van der Waals surface area (Å²) in [6.45, 7) is 1.34. The quantitative estimate of drug-likeness (QED) is 0.730. The topological polar surface area (TPSA) is 84.9 Å². The monoisotopic (exact) mass is 345 g/mol. The number of amides is 1. The number of thioether (sulfide) groups is 1. The second-order valence-corrected chi connectivity index (χ2v) is 6.09. The zero-order valence-electron chi connectivity index (χ0n) is 11.8. The van der Waals surface area contributed by atoms with E-state index < -0.39 is 5.97 Å². The van der Waals surface area contributed by atoms with E-state index in [0.29, 0.717) is 42.0 Å². The third kappa shape index (κ3) is 4.99. The van der Waals surface area contributed by atoms with E-state index in [9.17, 15) is 9.59 Å². The molecule has 2 N–H and O–H groups in total. The van der Waals surface area contributed by atoms with Crippen LogP contribution in [-0.4, -0.2) is 48.2 Å². The van der Waals surface area contributed by atoms with E-state index in [1.165, 1.54) is 11.8 Å². The van der Waals surface area contributed by atoms with Gasteiger partial charge in [-0.15, -0.1) is 11.8 Å². The molecule has 1 aromatic rings. The molecule has 1 amide bonds. The molecule has 0 aliphatic carbocycles. The zero-order valence-corrected chi connectivity index (χ0v) is 13.3. The summed E-state index contributed by atoms with van der Waals surface area (Å²) in [5, 5.41) is 11.7. The van der Waals surface area contributed by atoms with Crippen LogP contribution in [-0.2, 0) is 16.0 Å². The molecule has 1 aliphatic rings. The van der Waals surface area contributed by atoms with Crippen molar-refractivity contribution in [2.75, 3.05) is 31.3 Å². The van der Waals surface area contributed by atoms with Gasteiger partial charge in [-0.1, -0.05) is 11.6 Å². The maximum Gasteiger partial charge on any atom is 0.313 e. The number of fused-ring (bicyclic) bond motifs is 1. The summed E-state index contributed by atoms with van der Waals surface area (Å²) in [5.41, 5.74) is 0.741. The second kappa shape index (κ2) is 8.14. The molecular formula is C14H16ClNO5S. The van der Waals surface area contributed by atoms with E-state index in [0.717, 1.165) is 5.56 Å². The Bertz CT molecular complexity index is 566. The minimum atomic E-state index is -0.859. The maximum atomic E-state index is 11.8. The predicted octanol–water partition coefficient (Wildman–Crippen LogP) is 1.59. The molecule has 2 rings (SSSR count). The average molecular weight is 346 g/mol. The highest BCUT2D eigenvalue weighted by Crippen LogP contribution is 2.38. The van der Waals surface area contributed by atoms with E-state index in [4.69, 9.17) is 26.2 Å². The first-order valence-electron chi connectivity index (χ1n) is 6.70. The molecule has 0 radical (unpaired) electrons. The highest BCUT2D eigenvalue weighted by Gasteiger charge is 2.17. The lowest BCUT2D eigenvalue weighted by atomic mass is 10.1. The van der Waals surface area contributed by atoms with Gasteiger partial charge in [0.1, 0.15) is 13.2 Å². The van der Waals surface area contributed by atoms with Gasteiger partial charge in [0.2, 0.25) is 5.91 Å². The van der Waals surface area contributed by atoms with Gasteiger partial charge in [-0.3, -0.25) is 9.59 Å². The molecule has 0 bridgehead atoms. The normalized spacial score (nSPS) is 12.8. The van der Waals surface area contributed by atoms with Crippen LogP contribution >= 0.6 is 23.4 Å². The van der Waals surface area contributed by atoms with Gasteiger partial charge in [0.25, 0.3) is 0 Å². The van der Waals surface area contributed by atoms with Gasteiger partial charge in [0.15, 0.2) is 11.5 Å². The molecule has 0 saturated heterocycles. The summed E-state index contributed by atoms with van der Waals surface area (Å²) in [6, 6.07) is 3.44. The summed E-state index contributed by atoms with van der Waals surface area (Å²) < 4.78 is 10.9. The van der Waals surface area contributed by atoms with Gasteiger partial charge in [-0.2, -0.15) is 0 Å². The van der Waals surface area contributed by atoms with Gasteiger partial charge in [0, 0.05) is 12.3 Å². The van der Waals surface area contributed by atoms with Crippen molar-refractivity contribution in [2.45, 2.75) is 6.42 Å². The number of benzene rings is 1. The molecule has 0 unspecified atom stereocenters. The fourth-order valence-electron chi connectivity index (χ4n) is 1.94. The molecule has 22 heavy (non-hydrogen) atoms. The zero-order chi connectivity index (χ0) is 15.9. The van der Waals surface area contributed by atoms with Crippen molar-refractivity contribution in [3.63, 3.8) is 0 Å². The van der Waals surface area contributed by atoms with Gasteiger partial charge in [-0.05, 0) is 17.7 Å². The van der Waals surface area contributed by atoms with Crippen LogP contribution in [0.3, 0.4) is 0 Å². The van der Waals surface area contributed by atoms with Crippen LogP contribution in [0, 0.1) is 0 Å². The molecule has 0 aromatic heterocycles. The Labute approximate surface area is 137 Å². The molecule has 0 fully saturated rings. The number of carbonyl (C=O) groups is 2. The minimum absolute atomic E-state index is 0.0354. The molecule has 8 heteroatoms. The molecule has 120 valence electrons. The smallest absolute Gasteiger partial charge is 0.313 e. The Kier molecular flexibility index (Phi) is 6.21. The average Bonchev–Trinajstić information content (AvgIpc) is 2.46. The van der Waals surface area contributed by atoms with Crippen LogP contribution in [0.5, 0.6) is 11.5 Å². The lowest BCUT2D eigenvalue weighted by Crippen LogP contribution is -2.27. The van der Waals surface area contributed by atoms with E-state index in [1.807, 2.05) is 0 Å². The highest BCUT2D eigenvalue weighted by molar-refractivity contribution is 7.99. The van der Waals surface area contributed by atoms with E-state index in [2.05, 4.69) is 5.32 Å².